The molecule has 0 aliphatic carbocycles. The van der Waals surface area contributed by atoms with Gasteiger partial charge in [-0.2, -0.15) is 0 Å². The summed E-state index contributed by atoms with van der Waals surface area (Å²) in [5.41, 5.74) is 1.22. The number of methoxy groups -OCH3 is 3. The van der Waals surface area contributed by atoms with E-state index in [1.165, 1.54) is 18.4 Å². The van der Waals surface area contributed by atoms with Crippen molar-refractivity contribution in [1.82, 2.24) is 4.98 Å². The quantitative estimate of drug-likeness (QED) is 0.766. The molecule has 0 saturated heterocycles. The van der Waals surface area contributed by atoms with Gasteiger partial charge in [0.25, 0.3) is 5.91 Å². The van der Waals surface area contributed by atoms with Crippen LogP contribution in [-0.2, 0) is 0 Å². The molecular formula is C17H16N2O4S. The zero-order valence-electron chi connectivity index (χ0n) is 13.5. The summed E-state index contributed by atoms with van der Waals surface area (Å²) >= 11 is 1.38. The highest BCUT2D eigenvalue weighted by molar-refractivity contribution is 7.22. The predicted octanol–water partition coefficient (Wildman–Crippen LogP) is 3.57. The molecule has 24 heavy (non-hydrogen) atoms. The normalized spacial score (nSPS) is 10.5. The maximum absolute atomic E-state index is 12.5. The van der Waals surface area contributed by atoms with Crippen LogP contribution in [0.4, 0.5) is 5.13 Å². The van der Waals surface area contributed by atoms with Crippen molar-refractivity contribution in [3.63, 3.8) is 0 Å². The number of aromatic nitrogens is 1. The lowest BCUT2D eigenvalue weighted by Crippen LogP contribution is -2.13. The zero-order valence-corrected chi connectivity index (χ0v) is 14.3. The van der Waals surface area contributed by atoms with Crippen LogP contribution in [0.15, 0.2) is 36.4 Å². The van der Waals surface area contributed by atoms with Gasteiger partial charge < -0.3 is 14.2 Å². The minimum Gasteiger partial charge on any atom is -0.497 e. The van der Waals surface area contributed by atoms with Crippen LogP contribution in [0.3, 0.4) is 0 Å². The van der Waals surface area contributed by atoms with E-state index in [0.29, 0.717) is 22.2 Å². The number of thiazole rings is 1. The van der Waals surface area contributed by atoms with Gasteiger partial charge in [-0.05, 0) is 30.3 Å². The second-order valence-corrected chi connectivity index (χ2v) is 5.90. The van der Waals surface area contributed by atoms with Crippen molar-refractivity contribution in [1.29, 1.82) is 0 Å². The van der Waals surface area contributed by atoms with Crippen molar-refractivity contribution in [2.45, 2.75) is 0 Å². The molecule has 0 spiro atoms. The molecule has 1 N–H and O–H groups in total. The number of amides is 1. The summed E-state index contributed by atoms with van der Waals surface area (Å²) in [7, 11) is 4.68. The number of hydrogen-bond donors (Lipinski definition) is 1. The molecular weight excluding hydrogens is 328 g/mol. The van der Waals surface area contributed by atoms with Gasteiger partial charge >= 0.3 is 0 Å². The predicted molar refractivity (Wildman–Crippen MR) is 93.7 cm³/mol. The summed E-state index contributed by atoms with van der Waals surface area (Å²) in [5.74, 6) is 1.52. The second kappa shape index (κ2) is 6.76. The molecule has 3 aromatic rings. The molecule has 124 valence electrons. The largest absolute Gasteiger partial charge is 0.497 e. The van der Waals surface area contributed by atoms with Crippen LogP contribution in [0, 0.1) is 0 Å². The van der Waals surface area contributed by atoms with Crippen molar-refractivity contribution >= 4 is 32.6 Å². The average molecular weight is 344 g/mol. The SMILES string of the molecule is COc1ccc(C(=O)Nc2nc3ccc(OC)cc3s2)c(OC)c1. The van der Waals surface area contributed by atoms with Gasteiger partial charge in [-0.3, -0.25) is 10.1 Å². The number of nitrogens with zero attached hydrogens (tertiary/aromatic N) is 1. The molecule has 0 radical (unpaired) electrons. The van der Waals surface area contributed by atoms with Gasteiger partial charge in [-0.15, -0.1) is 0 Å². The first-order valence-electron chi connectivity index (χ1n) is 7.12. The van der Waals surface area contributed by atoms with Gasteiger partial charge in [0.15, 0.2) is 5.13 Å². The first kappa shape index (κ1) is 16.1. The van der Waals surface area contributed by atoms with E-state index in [0.717, 1.165) is 16.0 Å². The van der Waals surface area contributed by atoms with Crippen LogP contribution < -0.4 is 19.5 Å². The van der Waals surface area contributed by atoms with Gasteiger partial charge in [0.1, 0.15) is 17.2 Å². The number of hydrogen-bond acceptors (Lipinski definition) is 6. The molecule has 1 heterocycles. The minimum atomic E-state index is -0.291. The van der Waals surface area contributed by atoms with Crippen molar-refractivity contribution in [3.05, 3.63) is 42.0 Å². The van der Waals surface area contributed by atoms with Gasteiger partial charge in [0.2, 0.25) is 0 Å². The monoisotopic (exact) mass is 344 g/mol. The Labute approximate surface area is 143 Å². The highest BCUT2D eigenvalue weighted by Gasteiger charge is 2.15. The summed E-state index contributed by atoms with van der Waals surface area (Å²) in [4.78, 5) is 16.9. The van der Waals surface area contributed by atoms with E-state index in [9.17, 15) is 4.79 Å². The molecule has 0 saturated carbocycles. The summed E-state index contributed by atoms with van der Waals surface area (Å²) in [6.45, 7) is 0. The highest BCUT2D eigenvalue weighted by Crippen LogP contribution is 2.30. The molecule has 0 unspecified atom stereocenters. The standard InChI is InChI=1S/C17H16N2O4S/c1-21-10-4-6-12(14(8-10)23-3)16(20)19-17-18-13-7-5-11(22-2)9-15(13)24-17/h4-9H,1-3H3,(H,18,19,20). The molecule has 0 bridgehead atoms. The van der Waals surface area contributed by atoms with Crippen LogP contribution in [0.25, 0.3) is 10.2 Å². The van der Waals surface area contributed by atoms with Crippen molar-refractivity contribution in [2.75, 3.05) is 26.6 Å². The second-order valence-electron chi connectivity index (χ2n) is 4.87. The molecule has 0 fully saturated rings. The highest BCUT2D eigenvalue weighted by atomic mass is 32.1. The lowest BCUT2D eigenvalue weighted by atomic mass is 10.2. The van der Waals surface area contributed by atoms with Crippen LogP contribution in [0.1, 0.15) is 10.4 Å². The van der Waals surface area contributed by atoms with E-state index in [2.05, 4.69) is 10.3 Å². The number of benzene rings is 2. The number of ether oxygens (including phenoxy) is 3. The van der Waals surface area contributed by atoms with Gasteiger partial charge in [0, 0.05) is 6.07 Å². The Morgan fingerprint density at radius 3 is 2.42 bits per heavy atom. The summed E-state index contributed by atoms with van der Waals surface area (Å²) in [6, 6.07) is 10.6. The number of rotatable bonds is 5. The molecule has 6 nitrogen and oxygen atoms in total. The maximum Gasteiger partial charge on any atom is 0.261 e. The molecule has 2 aromatic carbocycles. The average Bonchev–Trinajstić information content (AvgIpc) is 3.01. The summed E-state index contributed by atoms with van der Waals surface area (Å²) in [6.07, 6.45) is 0. The van der Waals surface area contributed by atoms with E-state index < -0.39 is 0 Å². The molecule has 1 amide bonds. The van der Waals surface area contributed by atoms with E-state index in [-0.39, 0.29) is 5.91 Å². The topological polar surface area (TPSA) is 69.7 Å². The van der Waals surface area contributed by atoms with Crippen LogP contribution >= 0.6 is 11.3 Å². The van der Waals surface area contributed by atoms with E-state index >= 15 is 0 Å². The third-order valence-electron chi connectivity index (χ3n) is 3.47. The van der Waals surface area contributed by atoms with E-state index in [1.807, 2.05) is 18.2 Å². The Morgan fingerprint density at radius 2 is 1.71 bits per heavy atom. The third-order valence-corrected chi connectivity index (χ3v) is 4.40. The lowest BCUT2D eigenvalue weighted by molar-refractivity contribution is 0.102. The molecule has 0 aliphatic rings. The smallest absolute Gasteiger partial charge is 0.261 e. The summed E-state index contributed by atoms with van der Waals surface area (Å²) in [5, 5.41) is 3.32. The third kappa shape index (κ3) is 3.11. The van der Waals surface area contributed by atoms with Crippen molar-refractivity contribution < 1.29 is 19.0 Å². The Balaban J connectivity index is 1.87. The van der Waals surface area contributed by atoms with E-state index in [1.54, 1.807) is 32.4 Å². The van der Waals surface area contributed by atoms with Gasteiger partial charge in [-0.1, -0.05) is 11.3 Å². The number of fused-ring (bicyclic) bond motifs is 1. The maximum atomic E-state index is 12.5. The van der Waals surface area contributed by atoms with Gasteiger partial charge in [0.05, 0.1) is 37.1 Å². The molecule has 3 rings (SSSR count). The van der Waals surface area contributed by atoms with Crippen LogP contribution in [0.5, 0.6) is 17.2 Å². The zero-order chi connectivity index (χ0) is 17.1. The molecule has 1 aromatic heterocycles. The van der Waals surface area contributed by atoms with Crippen molar-refractivity contribution in [3.8, 4) is 17.2 Å². The number of carbonyl (C=O) groups is 1. The number of nitrogens with one attached hydrogen (secondary N) is 1. The van der Waals surface area contributed by atoms with Gasteiger partial charge in [-0.25, -0.2) is 4.98 Å². The van der Waals surface area contributed by atoms with Crippen LogP contribution in [0.2, 0.25) is 0 Å². The first-order valence-corrected chi connectivity index (χ1v) is 7.94. The Morgan fingerprint density at radius 1 is 1.00 bits per heavy atom. The number of anilines is 1. The Hall–Kier alpha value is -2.80. The molecule has 0 aliphatic heterocycles. The van der Waals surface area contributed by atoms with Crippen molar-refractivity contribution in [2.24, 2.45) is 0 Å². The Kier molecular flexibility index (Phi) is 4.52. The number of carbonyl (C=O) groups excluding carboxylic acids is 1. The Bertz CT molecular complexity index is 891. The fourth-order valence-corrected chi connectivity index (χ4v) is 3.13. The lowest BCUT2D eigenvalue weighted by Gasteiger charge is -2.09. The van der Waals surface area contributed by atoms with E-state index in [4.69, 9.17) is 14.2 Å². The molecule has 7 heteroatoms. The minimum absolute atomic E-state index is 0.291. The van der Waals surface area contributed by atoms with Crippen LogP contribution in [-0.4, -0.2) is 32.2 Å². The summed E-state index contributed by atoms with van der Waals surface area (Å²) < 4.78 is 16.5. The fraction of sp³-hybridized carbons (Fsp3) is 0.176. The first-order chi connectivity index (χ1) is 11.6. The fourth-order valence-electron chi connectivity index (χ4n) is 2.24. The molecule has 0 atom stereocenters.